The van der Waals surface area contributed by atoms with Crippen LogP contribution in [0, 0.1) is 0 Å². The minimum absolute atomic E-state index is 0.0477. The van der Waals surface area contributed by atoms with E-state index in [0.717, 1.165) is 12.0 Å². The summed E-state index contributed by atoms with van der Waals surface area (Å²) in [5.41, 5.74) is 0. The van der Waals surface area contributed by atoms with Crippen molar-refractivity contribution < 1.29 is 28.3 Å². The molecule has 0 fully saturated rings. The number of esters is 2. The van der Waals surface area contributed by atoms with E-state index in [0.29, 0.717) is 13.0 Å². The van der Waals surface area contributed by atoms with Gasteiger partial charge < -0.3 is 9.47 Å². The maximum atomic E-state index is 11.2. The molecule has 0 aromatic carbocycles. The molecule has 0 aromatic rings. The van der Waals surface area contributed by atoms with Gasteiger partial charge in [-0.2, -0.15) is 4.33 Å². The Kier molecular flexibility index (Phi) is 10.8. The Balaban J connectivity index is 3.34. The molecule has 106 valence electrons. The maximum Gasteiger partial charge on any atom is 0.318 e. The Bertz CT molecular complexity index is 244. The Morgan fingerprint density at radius 2 is 1.89 bits per heavy atom. The van der Waals surface area contributed by atoms with Crippen LogP contribution >= 0.6 is 12.0 Å². The van der Waals surface area contributed by atoms with Crippen LogP contribution in [0.25, 0.3) is 0 Å². The Morgan fingerprint density at radius 1 is 1.17 bits per heavy atom. The lowest BCUT2D eigenvalue weighted by atomic mass is 10.3. The van der Waals surface area contributed by atoms with Crippen molar-refractivity contribution in [3.05, 3.63) is 0 Å². The smallest absolute Gasteiger partial charge is 0.318 e. The molecule has 0 saturated heterocycles. The van der Waals surface area contributed by atoms with E-state index in [2.05, 4.69) is 4.33 Å². The maximum absolute atomic E-state index is 11.2. The van der Waals surface area contributed by atoms with Gasteiger partial charge in [0.25, 0.3) is 0 Å². The fourth-order valence-electron chi connectivity index (χ4n) is 0.856. The Labute approximate surface area is 111 Å². The van der Waals surface area contributed by atoms with Crippen LogP contribution in [0.2, 0.25) is 0 Å². The van der Waals surface area contributed by atoms with E-state index < -0.39 is 5.97 Å². The van der Waals surface area contributed by atoms with Gasteiger partial charge in [0.05, 0.1) is 19.3 Å². The summed E-state index contributed by atoms with van der Waals surface area (Å²) in [6, 6.07) is 0. The largest absolute Gasteiger partial charge is 0.466 e. The van der Waals surface area contributed by atoms with Crippen LogP contribution in [0.3, 0.4) is 0 Å². The van der Waals surface area contributed by atoms with Crippen LogP contribution in [-0.4, -0.2) is 37.0 Å². The van der Waals surface area contributed by atoms with Gasteiger partial charge in [0.2, 0.25) is 0 Å². The van der Waals surface area contributed by atoms with Gasteiger partial charge in [-0.1, -0.05) is 0 Å². The molecule has 7 heteroatoms. The molecule has 0 heterocycles. The summed E-state index contributed by atoms with van der Waals surface area (Å²) in [4.78, 5) is 26.9. The lowest BCUT2D eigenvalue weighted by Gasteiger charge is -2.06. The number of carbonyl (C=O) groups is 2. The molecule has 0 rings (SSSR count). The van der Waals surface area contributed by atoms with Gasteiger partial charge in [-0.25, -0.2) is 4.89 Å². The van der Waals surface area contributed by atoms with Gasteiger partial charge in [0.1, 0.15) is 5.75 Å². The molecular formula is C11H20O6S. The predicted molar refractivity (Wildman–Crippen MR) is 66.6 cm³/mol. The second-order valence-electron chi connectivity index (χ2n) is 3.60. The van der Waals surface area contributed by atoms with E-state index in [4.69, 9.17) is 14.4 Å². The van der Waals surface area contributed by atoms with Crippen LogP contribution in [-0.2, 0) is 28.3 Å². The van der Waals surface area contributed by atoms with Crippen LogP contribution in [0.5, 0.6) is 0 Å². The molecule has 0 N–H and O–H groups in total. The van der Waals surface area contributed by atoms with E-state index in [-0.39, 0.29) is 30.9 Å². The molecule has 0 aliphatic rings. The average molecular weight is 280 g/mol. The molecule has 0 saturated carbocycles. The molecule has 0 aliphatic carbocycles. The highest BCUT2D eigenvalue weighted by molar-refractivity contribution is 7.95. The van der Waals surface area contributed by atoms with Crippen molar-refractivity contribution in [1.29, 1.82) is 0 Å². The minimum atomic E-state index is -0.406. The lowest BCUT2D eigenvalue weighted by molar-refractivity contribution is -0.220. The zero-order valence-corrected chi connectivity index (χ0v) is 11.8. The first kappa shape index (κ1) is 17.2. The van der Waals surface area contributed by atoms with Gasteiger partial charge in [-0.3, -0.25) is 9.59 Å². The van der Waals surface area contributed by atoms with E-state index >= 15 is 0 Å². The topological polar surface area (TPSA) is 71.1 Å². The molecular weight excluding hydrogens is 260 g/mol. The molecule has 6 nitrogen and oxygen atoms in total. The van der Waals surface area contributed by atoms with Gasteiger partial charge in [0, 0.05) is 18.5 Å². The van der Waals surface area contributed by atoms with Crippen molar-refractivity contribution in [1.82, 2.24) is 0 Å². The van der Waals surface area contributed by atoms with E-state index in [1.54, 1.807) is 6.92 Å². The van der Waals surface area contributed by atoms with Crippen LogP contribution in [0.4, 0.5) is 0 Å². The molecule has 0 amide bonds. The van der Waals surface area contributed by atoms with Crippen molar-refractivity contribution in [3.8, 4) is 0 Å². The third kappa shape index (κ3) is 11.7. The van der Waals surface area contributed by atoms with Crippen molar-refractivity contribution >= 4 is 24.0 Å². The predicted octanol–water partition coefficient (Wildman–Crippen LogP) is 1.88. The highest BCUT2D eigenvalue weighted by Gasteiger charge is 2.06. The van der Waals surface area contributed by atoms with Gasteiger partial charge in [-0.05, 0) is 27.2 Å². The van der Waals surface area contributed by atoms with E-state index in [1.807, 2.05) is 13.8 Å². The van der Waals surface area contributed by atoms with Gasteiger partial charge in [0.15, 0.2) is 0 Å². The number of rotatable bonds is 10. The van der Waals surface area contributed by atoms with Crippen molar-refractivity contribution in [3.63, 3.8) is 0 Å². The molecule has 0 unspecified atom stereocenters. The van der Waals surface area contributed by atoms with E-state index in [9.17, 15) is 9.59 Å². The van der Waals surface area contributed by atoms with Crippen LogP contribution < -0.4 is 0 Å². The Morgan fingerprint density at radius 3 is 2.50 bits per heavy atom. The molecule has 0 bridgehead atoms. The molecule has 0 aliphatic heterocycles. The summed E-state index contributed by atoms with van der Waals surface area (Å²) < 4.78 is 14.3. The second kappa shape index (κ2) is 11.3. The monoisotopic (exact) mass is 280 g/mol. The fourth-order valence-corrected chi connectivity index (χ4v) is 1.30. The standard InChI is InChI=1S/C11H20O6S/c1-4-14-10(12)6-5-7-15-11(13)8-18-17-16-9(2)3/h9H,4-8H2,1-3H3. The minimum Gasteiger partial charge on any atom is -0.466 e. The lowest BCUT2D eigenvalue weighted by Crippen LogP contribution is -2.11. The normalized spacial score (nSPS) is 10.4. The zero-order chi connectivity index (χ0) is 13.8. The Hall–Kier alpha value is -0.790. The average Bonchev–Trinajstić information content (AvgIpc) is 2.30. The number of ether oxygens (including phenoxy) is 2. The highest BCUT2D eigenvalue weighted by Crippen LogP contribution is 2.06. The third-order valence-electron chi connectivity index (χ3n) is 1.55. The summed E-state index contributed by atoms with van der Waals surface area (Å²) in [6.45, 7) is 5.93. The molecule has 0 radical (unpaired) electrons. The number of carbonyl (C=O) groups excluding carboxylic acids is 2. The first-order chi connectivity index (χ1) is 8.56. The quantitative estimate of drug-likeness (QED) is 0.199. The molecule has 0 aromatic heterocycles. The molecule has 18 heavy (non-hydrogen) atoms. The first-order valence-electron chi connectivity index (χ1n) is 5.82. The highest BCUT2D eigenvalue weighted by atomic mass is 32.2. The summed E-state index contributed by atoms with van der Waals surface area (Å²) in [5.74, 6) is -0.639. The zero-order valence-electron chi connectivity index (χ0n) is 11.0. The first-order valence-corrected chi connectivity index (χ1v) is 6.73. The summed E-state index contributed by atoms with van der Waals surface area (Å²) >= 11 is 0.874. The number of hydrogen-bond donors (Lipinski definition) is 0. The summed E-state index contributed by atoms with van der Waals surface area (Å²) in [6.07, 6.45) is 0.651. The molecule has 0 atom stereocenters. The summed E-state index contributed by atoms with van der Waals surface area (Å²) in [7, 11) is 0. The van der Waals surface area contributed by atoms with Gasteiger partial charge >= 0.3 is 11.9 Å². The van der Waals surface area contributed by atoms with Gasteiger partial charge in [-0.15, -0.1) is 0 Å². The second-order valence-corrected chi connectivity index (χ2v) is 4.26. The fraction of sp³-hybridized carbons (Fsp3) is 0.818. The van der Waals surface area contributed by atoms with Crippen molar-refractivity contribution in [2.24, 2.45) is 0 Å². The van der Waals surface area contributed by atoms with Crippen LogP contribution in [0.1, 0.15) is 33.6 Å². The van der Waals surface area contributed by atoms with Crippen molar-refractivity contribution in [2.75, 3.05) is 19.0 Å². The number of hydrogen-bond acceptors (Lipinski definition) is 7. The SMILES string of the molecule is CCOC(=O)CCCOC(=O)CSOOC(C)C. The van der Waals surface area contributed by atoms with E-state index in [1.165, 1.54) is 0 Å². The molecule has 0 spiro atoms. The van der Waals surface area contributed by atoms with Crippen molar-refractivity contribution in [2.45, 2.75) is 39.7 Å². The third-order valence-corrected chi connectivity index (χ3v) is 2.08. The van der Waals surface area contributed by atoms with Crippen LogP contribution in [0.15, 0.2) is 0 Å². The summed E-state index contributed by atoms with van der Waals surface area (Å²) in [5, 5.41) is 0.